The van der Waals surface area contributed by atoms with E-state index in [1.165, 1.54) is 0 Å². The molecule has 0 spiro atoms. The molecule has 0 radical (unpaired) electrons. The Morgan fingerprint density at radius 1 is 1.42 bits per heavy atom. The van der Waals surface area contributed by atoms with Gasteiger partial charge in [0.25, 0.3) is 0 Å². The third-order valence-electron chi connectivity index (χ3n) is 2.73. The summed E-state index contributed by atoms with van der Waals surface area (Å²) in [4.78, 5) is 4.32. The molecule has 0 aromatic carbocycles. The van der Waals surface area contributed by atoms with E-state index in [1.807, 2.05) is 23.6 Å². The van der Waals surface area contributed by atoms with Gasteiger partial charge >= 0.3 is 0 Å². The van der Waals surface area contributed by atoms with Gasteiger partial charge in [-0.1, -0.05) is 0 Å². The fourth-order valence-corrected chi connectivity index (χ4v) is 2.27. The Balaban J connectivity index is 2.10. The number of hydrogen-bond donors (Lipinski definition) is 0. The quantitative estimate of drug-likeness (QED) is 0.741. The lowest BCUT2D eigenvalue weighted by atomic mass is 10.2. The lowest BCUT2D eigenvalue weighted by Crippen LogP contribution is -1.91. The molecule has 0 unspecified atom stereocenters. The molecule has 3 aromatic rings. The lowest BCUT2D eigenvalue weighted by Gasteiger charge is -2.02. The normalized spacial score (nSPS) is 11.3. The van der Waals surface area contributed by atoms with Gasteiger partial charge in [0, 0.05) is 13.3 Å². The van der Waals surface area contributed by atoms with Crippen molar-refractivity contribution in [1.29, 1.82) is 0 Å². The first-order valence-corrected chi connectivity index (χ1v) is 6.43. The lowest BCUT2D eigenvalue weighted by molar-refractivity contribution is 0.160. The molecule has 0 atom stereocenters. The number of pyridine rings is 1. The van der Waals surface area contributed by atoms with E-state index in [-0.39, 0.29) is 0 Å². The van der Waals surface area contributed by atoms with Crippen LogP contribution in [-0.4, -0.2) is 26.7 Å². The van der Waals surface area contributed by atoms with Gasteiger partial charge in [0.2, 0.25) is 11.8 Å². The number of imidazole rings is 1. The molecule has 0 saturated heterocycles. The zero-order chi connectivity index (χ0) is 13.4. The zero-order valence-electron chi connectivity index (χ0n) is 10.4. The highest BCUT2D eigenvalue weighted by Crippen LogP contribution is 2.24. The minimum Gasteiger partial charge on any atom is -0.418 e. The molecule has 6 nitrogen and oxygen atoms in total. The van der Waals surface area contributed by atoms with E-state index in [4.69, 9.17) is 9.15 Å². The first kappa shape index (κ1) is 12.3. The van der Waals surface area contributed by atoms with Crippen LogP contribution in [0.4, 0.5) is 0 Å². The molecule has 0 fully saturated rings. The van der Waals surface area contributed by atoms with Crippen LogP contribution in [0.3, 0.4) is 0 Å². The summed E-state index contributed by atoms with van der Waals surface area (Å²) in [6.07, 6.45) is 3.67. The summed E-state index contributed by atoms with van der Waals surface area (Å²) in [5.74, 6) is 0.928. The van der Waals surface area contributed by atoms with Crippen LogP contribution >= 0.6 is 15.9 Å². The van der Waals surface area contributed by atoms with Gasteiger partial charge in [0.15, 0.2) is 0 Å². The van der Waals surface area contributed by atoms with Crippen molar-refractivity contribution in [2.45, 2.75) is 13.5 Å². The van der Waals surface area contributed by atoms with Gasteiger partial charge in [-0.05, 0) is 34.5 Å². The number of aryl methyl sites for hydroxylation is 1. The van der Waals surface area contributed by atoms with Crippen LogP contribution in [0.15, 0.2) is 27.5 Å². The van der Waals surface area contributed by atoms with Crippen LogP contribution in [0.5, 0.6) is 0 Å². The number of fused-ring (bicyclic) bond motifs is 1. The van der Waals surface area contributed by atoms with Gasteiger partial charge in [-0.25, -0.2) is 4.98 Å². The van der Waals surface area contributed by atoms with Crippen molar-refractivity contribution in [3.8, 4) is 11.5 Å². The van der Waals surface area contributed by atoms with E-state index in [1.54, 1.807) is 13.3 Å². The average molecular weight is 323 g/mol. The first-order valence-electron chi connectivity index (χ1n) is 5.64. The Morgan fingerprint density at radius 3 is 3.05 bits per heavy atom. The van der Waals surface area contributed by atoms with Crippen molar-refractivity contribution in [3.05, 3.63) is 34.5 Å². The summed E-state index contributed by atoms with van der Waals surface area (Å²) in [6.45, 7) is 2.30. The molecule has 0 amide bonds. The van der Waals surface area contributed by atoms with Gasteiger partial charge < -0.3 is 9.15 Å². The predicted molar refractivity (Wildman–Crippen MR) is 71.6 cm³/mol. The average Bonchev–Trinajstić information content (AvgIpc) is 2.98. The first-order chi connectivity index (χ1) is 9.19. The molecule has 0 bridgehead atoms. The van der Waals surface area contributed by atoms with Crippen molar-refractivity contribution in [1.82, 2.24) is 19.6 Å². The van der Waals surface area contributed by atoms with Crippen molar-refractivity contribution in [2.24, 2.45) is 0 Å². The minimum absolute atomic E-state index is 0.309. The van der Waals surface area contributed by atoms with Crippen LogP contribution in [0.25, 0.3) is 17.1 Å². The van der Waals surface area contributed by atoms with Gasteiger partial charge in [-0.2, -0.15) is 0 Å². The Hall–Kier alpha value is -1.73. The highest BCUT2D eigenvalue weighted by atomic mass is 79.9. The molecule has 19 heavy (non-hydrogen) atoms. The highest BCUT2D eigenvalue weighted by Gasteiger charge is 2.12. The van der Waals surface area contributed by atoms with Crippen molar-refractivity contribution >= 4 is 21.6 Å². The molecule has 0 aliphatic heterocycles. The van der Waals surface area contributed by atoms with E-state index in [9.17, 15) is 0 Å². The Morgan fingerprint density at radius 2 is 2.26 bits per heavy atom. The van der Waals surface area contributed by atoms with Gasteiger partial charge in [0.05, 0.1) is 11.8 Å². The molecule has 0 N–H and O–H groups in total. The maximum absolute atomic E-state index is 5.53. The maximum atomic E-state index is 5.53. The summed E-state index contributed by atoms with van der Waals surface area (Å²) in [5.41, 5.74) is 2.78. The topological polar surface area (TPSA) is 65.5 Å². The third-order valence-corrected chi connectivity index (χ3v) is 3.31. The van der Waals surface area contributed by atoms with E-state index in [0.29, 0.717) is 18.4 Å². The molecular weight excluding hydrogens is 312 g/mol. The molecule has 3 heterocycles. The number of ether oxygens (including phenoxy) is 1. The Labute approximate surface area is 117 Å². The van der Waals surface area contributed by atoms with E-state index >= 15 is 0 Å². The Bertz CT molecular complexity index is 734. The van der Waals surface area contributed by atoms with E-state index < -0.39 is 0 Å². The van der Waals surface area contributed by atoms with Crippen LogP contribution in [0, 0.1) is 6.92 Å². The molecule has 0 aliphatic rings. The van der Waals surface area contributed by atoms with Crippen molar-refractivity contribution in [3.63, 3.8) is 0 Å². The summed E-state index contributed by atoms with van der Waals surface area (Å²) < 4.78 is 13.3. The van der Waals surface area contributed by atoms with Crippen LogP contribution < -0.4 is 0 Å². The van der Waals surface area contributed by atoms with Gasteiger partial charge in [0.1, 0.15) is 16.9 Å². The molecule has 98 valence electrons. The number of hydrogen-bond acceptors (Lipinski definition) is 5. The minimum atomic E-state index is 0.309. The third kappa shape index (κ3) is 2.15. The number of halogens is 1. The van der Waals surface area contributed by atoms with E-state index in [2.05, 4.69) is 31.1 Å². The zero-order valence-corrected chi connectivity index (χ0v) is 12.0. The second-order valence-corrected chi connectivity index (χ2v) is 4.93. The fourth-order valence-electron chi connectivity index (χ4n) is 1.90. The predicted octanol–water partition coefficient (Wildman–Crippen LogP) is 2.60. The molecule has 3 rings (SSSR count). The van der Waals surface area contributed by atoms with E-state index in [0.717, 1.165) is 21.4 Å². The summed E-state index contributed by atoms with van der Waals surface area (Å²) in [7, 11) is 1.59. The standard InChI is InChI=1S/C12H11BrN4O2/c1-7-3-8(5-17-9(13)4-14-11(7)17)12-16-15-10(19-12)6-18-2/h3-5H,6H2,1-2H3. The second kappa shape index (κ2) is 4.75. The number of aromatic nitrogens is 4. The maximum Gasteiger partial charge on any atom is 0.249 e. The fraction of sp³-hybridized carbons (Fsp3) is 0.250. The summed E-state index contributed by atoms with van der Waals surface area (Å²) in [5, 5.41) is 7.95. The van der Waals surface area contributed by atoms with Gasteiger partial charge in [-0.15, -0.1) is 10.2 Å². The Kier molecular flexibility index (Phi) is 3.08. The second-order valence-electron chi connectivity index (χ2n) is 4.12. The number of rotatable bonds is 3. The summed E-state index contributed by atoms with van der Waals surface area (Å²) >= 11 is 3.45. The largest absolute Gasteiger partial charge is 0.418 e. The SMILES string of the molecule is COCc1nnc(-c2cc(C)c3ncc(Br)n3c2)o1. The van der Waals surface area contributed by atoms with Crippen molar-refractivity contribution in [2.75, 3.05) is 7.11 Å². The molecule has 0 aliphatic carbocycles. The van der Waals surface area contributed by atoms with Crippen LogP contribution in [0.1, 0.15) is 11.5 Å². The summed E-state index contributed by atoms with van der Waals surface area (Å²) in [6, 6.07) is 1.97. The molecule has 7 heteroatoms. The van der Waals surface area contributed by atoms with Gasteiger partial charge in [-0.3, -0.25) is 4.40 Å². The molecule has 3 aromatic heterocycles. The van der Waals surface area contributed by atoms with Crippen molar-refractivity contribution < 1.29 is 9.15 Å². The highest BCUT2D eigenvalue weighted by molar-refractivity contribution is 9.10. The van der Waals surface area contributed by atoms with Crippen LogP contribution in [0.2, 0.25) is 0 Å². The number of nitrogens with zero attached hydrogens (tertiary/aromatic N) is 4. The smallest absolute Gasteiger partial charge is 0.249 e. The number of methoxy groups -OCH3 is 1. The molecular formula is C12H11BrN4O2. The molecule has 0 saturated carbocycles. The van der Waals surface area contributed by atoms with Crippen LogP contribution in [-0.2, 0) is 11.3 Å². The monoisotopic (exact) mass is 322 g/mol.